The van der Waals surface area contributed by atoms with Gasteiger partial charge in [-0.05, 0) is 49.3 Å². The first-order chi connectivity index (χ1) is 12.3. The quantitative estimate of drug-likeness (QED) is 0.649. The number of anilines is 1. The maximum absolute atomic E-state index is 12.4. The number of hydrogen-bond donors (Lipinski definition) is 2. The van der Waals surface area contributed by atoms with Gasteiger partial charge in [-0.3, -0.25) is 19.3 Å². The molecule has 0 aliphatic carbocycles. The zero-order chi connectivity index (χ0) is 19.3. The van der Waals surface area contributed by atoms with Gasteiger partial charge in [0.15, 0.2) is 4.77 Å². The Morgan fingerprint density at radius 2 is 2.15 bits per heavy atom. The molecule has 2 N–H and O–H groups in total. The van der Waals surface area contributed by atoms with Crippen LogP contribution in [0.3, 0.4) is 0 Å². The lowest BCUT2D eigenvalue weighted by atomic mass is 10.2. The Morgan fingerprint density at radius 1 is 1.42 bits per heavy atom. The van der Waals surface area contributed by atoms with E-state index in [0.717, 1.165) is 34.4 Å². The molecule has 0 aliphatic rings. The predicted molar refractivity (Wildman–Crippen MR) is 107 cm³/mol. The highest BCUT2D eigenvalue weighted by atomic mass is 79.9. The van der Waals surface area contributed by atoms with Crippen molar-refractivity contribution in [2.24, 2.45) is 0 Å². The van der Waals surface area contributed by atoms with Crippen LogP contribution in [0.4, 0.5) is 5.69 Å². The number of carbonyl (C=O) groups excluding carboxylic acids is 2. The molecular weight excluding hydrogens is 418 g/mol. The summed E-state index contributed by atoms with van der Waals surface area (Å²) in [6.07, 6.45) is 1.63. The van der Waals surface area contributed by atoms with E-state index in [1.54, 1.807) is 11.6 Å². The summed E-state index contributed by atoms with van der Waals surface area (Å²) in [6, 6.07) is 5.59. The van der Waals surface area contributed by atoms with Crippen molar-refractivity contribution in [2.45, 2.75) is 33.2 Å². The first kappa shape index (κ1) is 20.3. The summed E-state index contributed by atoms with van der Waals surface area (Å²) in [7, 11) is 1.60. The third-order valence-corrected chi connectivity index (χ3v) is 4.68. The molecule has 0 spiro atoms. The van der Waals surface area contributed by atoms with Crippen LogP contribution in [0.25, 0.3) is 0 Å². The molecule has 0 fully saturated rings. The normalized spacial score (nSPS) is 10.6. The lowest BCUT2D eigenvalue weighted by molar-refractivity contribution is -0.133. The fourth-order valence-corrected chi connectivity index (χ4v) is 3.14. The smallest absolute Gasteiger partial charge is 0.243 e. The molecule has 2 rings (SSSR count). The van der Waals surface area contributed by atoms with Crippen molar-refractivity contribution in [3.63, 3.8) is 0 Å². The molecule has 2 aromatic rings. The molecule has 140 valence electrons. The lowest BCUT2D eigenvalue weighted by Crippen LogP contribution is -2.37. The average molecular weight is 440 g/mol. The van der Waals surface area contributed by atoms with E-state index in [4.69, 9.17) is 12.2 Å². The maximum atomic E-state index is 12.4. The summed E-state index contributed by atoms with van der Waals surface area (Å²) in [5.74, 6) is 0.285. The van der Waals surface area contributed by atoms with E-state index in [0.29, 0.717) is 4.77 Å². The molecule has 1 aromatic carbocycles. The number of benzene rings is 1. The molecule has 2 amide bonds. The number of halogens is 1. The fraction of sp³-hybridized carbons (Fsp3) is 0.412. The van der Waals surface area contributed by atoms with Gasteiger partial charge in [-0.1, -0.05) is 22.9 Å². The summed E-state index contributed by atoms with van der Waals surface area (Å²) in [6.45, 7) is 3.96. The molecule has 0 radical (unpaired) electrons. The Bertz CT molecular complexity index is 861. The van der Waals surface area contributed by atoms with Crippen LogP contribution in [0.1, 0.15) is 24.7 Å². The second-order valence-electron chi connectivity index (χ2n) is 6.04. The highest BCUT2D eigenvalue weighted by molar-refractivity contribution is 9.10. The third-order valence-electron chi connectivity index (χ3n) is 3.87. The Balaban J connectivity index is 1.97. The van der Waals surface area contributed by atoms with Gasteiger partial charge in [0.1, 0.15) is 12.4 Å². The molecule has 7 nitrogen and oxygen atoms in total. The number of nitrogens with one attached hydrogen (secondary N) is 2. The molecule has 1 aromatic heterocycles. The van der Waals surface area contributed by atoms with E-state index in [1.165, 1.54) is 4.90 Å². The second kappa shape index (κ2) is 9.09. The van der Waals surface area contributed by atoms with E-state index in [2.05, 4.69) is 31.4 Å². The summed E-state index contributed by atoms with van der Waals surface area (Å²) >= 11 is 8.57. The summed E-state index contributed by atoms with van der Waals surface area (Å²) in [5.41, 5.74) is 1.66. The topological polar surface area (TPSA) is 83.0 Å². The van der Waals surface area contributed by atoms with Crippen LogP contribution in [0.15, 0.2) is 22.7 Å². The molecule has 0 aliphatic heterocycles. The van der Waals surface area contributed by atoms with Gasteiger partial charge in [-0.2, -0.15) is 5.10 Å². The molecule has 0 saturated carbocycles. The summed E-state index contributed by atoms with van der Waals surface area (Å²) in [5, 5.41) is 9.68. The minimum Gasteiger partial charge on any atom is -0.335 e. The molecule has 0 unspecified atom stereocenters. The van der Waals surface area contributed by atoms with Gasteiger partial charge in [-0.25, -0.2) is 0 Å². The van der Waals surface area contributed by atoms with Gasteiger partial charge < -0.3 is 10.2 Å². The van der Waals surface area contributed by atoms with E-state index in [-0.39, 0.29) is 24.9 Å². The number of nitrogens with zero attached hydrogens (tertiary/aromatic N) is 3. The highest BCUT2D eigenvalue weighted by Crippen LogP contribution is 2.19. The number of amides is 2. The van der Waals surface area contributed by atoms with Gasteiger partial charge in [0, 0.05) is 23.6 Å². The van der Waals surface area contributed by atoms with Gasteiger partial charge in [0.05, 0.1) is 6.54 Å². The zero-order valence-electron chi connectivity index (χ0n) is 15.0. The number of aryl methyl sites for hydroxylation is 2. The predicted octanol–water partition coefficient (Wildman–Crippen LogP) is 3.06. The molecule has 0 bridgehead atoms. The number of H-pyrrole nitrogens is 1. The van der Waals surface area contributed by atoms with Crippen LogP contribution in [0.5, 0.6) is 0 Å². The molecule has 1 heterocycles. The first-order valence-corrected chi connectivity index (χ1v) is 9.46. The van der Waals surface area contributed by atoms with Gasteiger partial charge in [0.25, 0.3) is 0 Å². The standard InChI is InChI=1S/C17H22BrN5O2S/c1-4-5-14-20-21-17(26)23(14)10-16(25)22(3)9-15(24)19-13-7-6-12(18)8-11(13)2/h6-8H,4-5,9-10H2,1-3H3,(H,19,24)(H,21,26). The monoisotopic (exact) mass is 439 g/mol. The highest BCUT2D eigenvalue weighted by Gasteiger charge is 2.16. The Kier molecular flexibility index (Phi) is 7.10. The lowest BCUT2D eigenvalue weighted by Gasteiger charge is -2.18. The van der Waals surface area contributed by atoms with Gasteiger partial charge >= 0.3 is 0 Å². The maximum Gasteiger partial charge on any atom is 0.243 e. The van der Waals surface area contributed by atoms with E-state index in [1.807, 2.05) is 32.0 Å². The summed E-state index contributed by atoms with van der Waals surface area (Å²) < 4.78 is 3.03. The second-order valence-corrected chi connectivity index (χ2v) is 7.34. The minimum absolute atomic E-state index is 0.0391. The first-order valence-electron chi connectivity index (χ1n) is 8.25. The zero-order valence-corrected chi connectivity index (χ0v) is 17.4. The van der Waals surface area contributed by atoms with Gasteiger partial charge in [0.2, 0.25) is 11.8 Å². The van der Waals surface area contributed by atoms with E-state index >= 15 is 0 Å². The van der Waals surface area contributed by atoms with Crippen LogP contribution >= 0.6 is 28.1 Å². The minimum atomic E-state index is -0.254. The van der Waals surface area contributed by atoms with Crippen LogP contribution in [-0.2, 0) is 22.6 Å². The molecular formula is C17H22BrN5O2S. The Labute approximate surface area is 165 Å². The van der Waals surface area contributed by atoms with Crippen LogP contribution in [-0.4, -0.2) is 45.1 Å². The van der Waals surface area contributed by atoms with Crippen LogP contribution < -0.4 is 5.32 Å². The largest absolute Gasteiger partial charge is 0.335 e. The number of hydrogen-bond acceptors (Lipinski definition) is 4. The average Bonchev–Trinajstić information content (AvgIpc) is 2.91. The van der Waals surface area contributed by atoms with Crippen LogP contribution in [0, 0.1) is 11.7 Å². The van der Waals surface area contributed by atoms with Crippen molar-refractivity contribution in [2.75, 3.05) is 18.9 Å². The Morgan fingerprint density at radius 3 is 2.81 bits per heavy atom. The van der Waals surface area contributed by atoms with Crippen molar-refractivity contribution in [1.82, 2.24) is 19.7 Å². The number of likely N-dealkylation sites (N-methyl/N-ethyl adjacent to an activating group) is 1. The molecule has 26 heavy (non-hydrogen) atoms. The van der Waals surface area contributed by atoms with Gasteiger partial charge in [-0.15, -0.1) is 0 Å². The van der Waals surface area contributed by atoms with Crippen LogP contribution in [0.2, 0.25) is 0 Å². The number of aromatic amines is 1. The third kappa shape index (κ3) is 5.25. The Hall–Kier alpha value is -2.00. The van der Waals surface area contributed by atoms with Crippen molar-refractivity contribution in [1.29, 1.82) is 0 Å². The van der Waals surface area contributed by atoms with E-state index < -0.39 is 0 Å². The fourth-order valence-electron chi connectivity index (χ4n) is 2.44. The van der Waals surface area contributed by atoms with Crippen molar-refractivity contribution in [3.05, 3.63) is 38.8 Å². The SMILES string of the molecule is CCCc1n[nH]c(=S)n1CC(=O)N(C)CC(=O)Nc1ccc(Br)cc1C. The van der Waals surface area contributed by atoms with Crippen molar-refractivity contribution < 1.29 is 9.59 Å². The van der Waals surface area contributed by atoms with E-state index in [9.17, 15) is 9.59 Å². The number of aromatic nitrogens is 3. The van der Waals surface area contributed by atoms with Crippen molar-refractivity contribution >= 4 is 45.6 Å². The summed E-state index contributed by atoms with van der Waals surface area (Å²) in [4.78, 5) is 26.1. The molecule has 0 saturated heterocycles. The number of rotatable bonds is 7. The van der Waals surface area contributed by atoms with Crippen molar-refractivity contribution in [3.8, 4) is 0 Å². The molecule has 9 heteroatoms. The molecule has 0 atom stereocenters. The number of carbonyl (C=O) groups is 2.